The van der Waals surface area contributed by atoms with Crippen molar-refractivity contribution in [2.75, 3.05) is 18.1 Å². The lowest BCUT2D eigenvalue weighted by Gasteiger charge is -2.06. The number of rotatable bonds is 2. The summed E-state index contributed by atoms with van der Waals surface area (Å²) in [6.45, 7) is 5.71. The van der Waals surface area contributed by atoms with Gasteiger partial charge in [-0.15, -0.1) is 0 Å². The van der Waals surface area contributed by atoms with Gasteiger partial charge >= 0.3 is 0 Å². The van der Waals surface area contributed by atoms with Crippen LogP contribution < -0.4 is 11.1 Å². The molecule has 14 heavy (non-hydrogen) atoms. The maximum atomic E-state index is 7.44. The third-order valence-corrected chi connectivity index (χ3v) is 1.55. The molecule has 1 aromatic heterocycles. The zero-order chi connectivity index (χ0) is 11.1. The minimum atomic E-state index is 0.458. The molecule has 1 rings (SSSR count). The monoisotopic (exact) mass is 194 g/mol. The molecule has 1 heterocycles. The zero-order valence-electron chi connectivity index (χ0n) is 9.18. The van der Waals surface area contributed by atoms with Crippen molar-refractivity contribution in [2.45, 2.75) is 20.8 Å². The van der Waals surface area contributed by atoms with Crippen molar-refractivity contribution in [3.8, 4) is 0 Å². The third-order valence-electron chi connectivity index (χ3n) is 1.55. The van der Waals surface area contributed by atoms with E-state index in [1.807, 2.05) is 13.8 Å². The number of nitrogens with zero attached hydrogens (tertiary/aromatic N) is 1. The first-order chi connectivity index (χ1) is 6.65. The average molecular weight is 194 g/mol. The summed E-state index contributed by atoms with van der Waals surface area (Å²) in [4.78, 5) is 4.04. The predicted molar refractivity (Wildman–Crippen MR) is 62.0 cm³/mol. The number of hydrogen-bond acceptors (Lipinski definition) is 4. The SMILES string of the molecule is CC.CNc1ncc(N)cc1C(C)=N. The van der Waals surface area contributed by atoms with E-state index in [2.05, 4.69) is 10.3 Å². The Labute approximate surface area is 85.1 Å². The average Bonchev–Trinajstić information content (AvgIpc) is 2.20. The third kappa shape index (κ3) is 3.05. The molecule has 0 spiro atoms. The summed E-state index contributed by atoms with van der Waals surface area (Å²) in [5.41, 5.74) is 7.32. The van der Waals surface area contributed by atoms with Gasteiger partial charge in [0.05, 0.1) is 11.9 Å². The van der Waals surface area contributed by atoms with E-state index in [1.54, 1.807) is 26.2 Å². The molecule has 0 fully saturated rings. The molecule has 0 saturated heterocycles. The molecule has 0 aliphatic heterocycles. The van der Waals surface area contributed by atoms with Gasteiger partial charge in [0.15, 0.2) is 0 Å². The van der Waals surface area contributed by atoms with E-state index in [0.717, 1.165) is 5.56 Å². The standard InChI is InChI=1S/C8H12N4.C2H6/c1-5(9)7-3-6(10)4-12-8(7)11-2;1-2/h3-4,9H,10H2,1-2H3,(H,11,12);1-2H3. The van der Waals surface area contributed by atoms with Crippen LogP contribution in [0.2, 0.25) is 0 Å². The Bertz CT molecular complexity index is 307. The molecule has 0 aliphatic rings. The molecule has 0 amide bonds. The molecule has 0 atom stereocenters. The Balaban J connectivity index is 0.000000791. The Hall–Kier alpha value is -1.58. The first-order valence-corrected chi connectivity index (χ1v) is 4.64. The zero-order valence-corrected chi connectivity index (χ0v) is 9.18. The van der Waals surface area contributed by atoms with Gasteiger partial charge in [0, 0.05) is 18.3 Å². The molecule has 0 saturated carbocycles. The van der Waals surface area contributed by atoms with Crippen molar-refractivity contribution in [1.82, 2.24) is 4.98 Å². The fourth-order valence-corrected chi connectivity index (χ4v) is 0.966. The quantitative estimate of drug-likeness (QED) is 0.631. The lowest BCUT2D eigenvalue weighted by molar-refractivity contribution is 1.27. The maximum absolute atomic E-state index is 7.44. The summed E-state index contributed by atoms with van der Waals surface area (Å²) < 4.78 is 0. The summed E-state index contributed by atoms with van der Waals surface area (Å²) in [7, 11) is 1.77. The van der Waals surface area contributed by atoms with Gasteiger partial charge in [-0.2, -0.15) is 0 Å². The molecule has 0 radical (unpaired) electrons. The first kappa shape index (κ1) is 12.4. The van der Waals surface area contributed by atoms with Gasteiger partial charge in [-0.3, -0.25) is 0 Å². The fourth-order valence-electron chi connectivity index (χ4n) is 0.966. The van der Waals surface area contributed by atoms with Gasteiger partial charge < -0.3 is 16.5 Å². The normalized spacial score (nSPS) is 8.57. The summed E-state index contributed by atoms with van der Waals surface area (Å²) >= 11 is 0. The van der Waals surface area contributed by atoms with E-state index in [9.17, 15) is 0 Å². The Morgan fingerprint density at radius 1 is 1.50 bits per heavy atom. The number of hydrogen-bond donors (Lipinski definition) is 3. The van der Waals surface area contributed by atoms with Crippen LogP contribution in [0.3, 0.4) is 0 Å². The second-order valence-corrected chi connectivity index (χ2v) is 2.54. The highest BCUT2D eigenvalue weighted by atomic mass is 15.0. The molecular formula is C10H18N4. The van der Waals surface area contributed by atoms with Crippen LogP contribution in [0.1, 0.15) is 26.3 Å². The predicted octanol–water partition coefficient (Wildman–Crippen LogP) is 2.12. The maximum Gasteiger partial charge on any atom is 0.134 e. The molecular weight excluding hydrogens is 176 g/mol. The van der Waals surface area contributed by atoms with Crippen LogP contribution in [0.5, 0.6) is 0 Å². The van der Waals surface area contributed by atoms with Crippen molar-refractivity contribution in [3.63, 3.8) is 0 Å². The highest BCUT2D eigenvalue weighted by Crippen LogP contribution is 2.14. The van der Waals surface area contributed by atoms with Crippen molar-refractivity contribution >= 4 is 17.2 Å². The van der Waals surface area contributed by atoms with Crippen molar-refractivity contribution in [3.05, 3.63) is 17.8 Å². The topological polar surface area (TPSA) is 74.8 Å². The fraction of sp³-hybridized carbons (Fsp3) is 0.400. The lowest BCUT2D eigenvalue weighted by atomic mass is 10.1. The molecule has 0 aromatic carbocycles. The molecule has 1 aromatic rings. The van der Waals surface area contributed by atoms with Crippen LogP contribution in [0.25, 0.3) is 0 Å². The Kier molecular flexibility index (Phi) is 5.29. The molecule has 78 valence electrons. The second-order valence-electron chi connectivity index (χ2n) is 2.54. The molecule has 4 nitrogen and oxygen atoms in total. The second kappa shape index (κ2) is 5.96. The van der Waals surface area contributed by atoms with Crippen LogP contribution in [0, 0.1) is 5.41 Å². The Morgan fingerprint density at radius 2 is 2.07 bits per heavy atom. The summed E-state index contributed by atoms with van der Waals surface area (Å²) in [6.07, 6.45) is 1.57. The summed E-state index contributed by atoms with van der Waals surface area (Å²) in [5, 5.41) is 10.3. The number of pyridine rings is 1. The number of nitrogen functional groups attached to an aromatic ring is 1. The minimum absolute atomic E-state index is 0.458. The van der Waals surface area contributed by atoms with Gasteiger partial charge in [0.2, 0.25) is 0 Å². The van der Waals surface area contributed by atoms with E-state index >= 15 is 0 Å². The van der Waals surface area contributed by atoms with Gasteiger partial charge in [-0.05, 0) is 13.0 Å². The summed E-state index contributed by atoms with van der Waals surface area (Å²) in [6, 6.07) is 1.74. The smallest absolute Gasteiger partial charge is 0.134 e. The lowest BCUT2D eigenvalue weighted by Crippen LogP contribution is -2.03. The van der Waals surface area contributed by atoms with E-state index in [0.29, 0.717) is 17.2 Å². The molecule has 4 heteroatoms. The minimum Gasteiger partial charge on any atom is -0.397 e. The number of aromatic nitrogens is 1. The van der Waals surface area contributed by atoms with Crippen LogP contribution in [-0.4, -0.2) is 17.7 Å². The van der Waals surface area contributed by atoms with Crippen molar-refractivity contribution in [1.29, 1.82) is 5.41 Å². The van der Waals surface area contributed by atoms with E-state index in [-0.39, 0.29) is 0 Å². The molecule has 0 aliphatic carbocycles. The van der Waals surface area contributed by atoms with E-state index in [1.165, 1.54) is 0 Å². The van der Waals surface area contributed by atoms with Gasteiger partial charge in [0.25, 0.3) is 0 Å². The molecule has 0 unspecified atom stereocenters. The van der Waals surface area contributed by atoms with Crippen LogP contribution >= 0.6 is 0 Å². The summed E-state index contributed by atoms with van der Waals surface area (Å²) in [5.74, 6) is 0.691. The van der Waals surface area contributed by atoms with Crippen LogP contribution in [0.4, 0.5) is 11.5 Å². The number of anilines is 2. The number of nitrogens with two attached hydrogens (primary N) is 1. The van der Waals surface area contributed by atoms with Gasteiger partial charge in [0.1, 0.15) is 5.82 Å². The molecule has 0 bridgehead atoms. The first-order valence-electron chi connectivity index (χ1n) is 4.64. The van der Waals surface area contributed by atoms with Gasteiger partial charge in [-0.25, -0.2) is 4.98 Å². The van der Waals surface area contributed by atoms with Gasteiger partial charge in [-0.1, -0.05) is 13.8 Å². The number of nitrogens with one attached hydrogen (secondary N) is 2. The van der Waals surface area contributed by atoms with Crippen LogP contribution in [-0.2, 0) is 0 Å². The van der Waals surface area contributed by atoms with Crippen LogP contribution in [0.15, 0.2) is 12.3 Å². The highest BCUT2D eigenvalue weighted by Gasteiger charge is 2.03. The van der Waals surface area contributed by atoms with Crippen molar-refractivity contribution in [2.24, 2.45) is 0 Å². The largest absolute Gasteiger partial charge is 0.397 e. The van der Waals surface area contributed by atoms with E-state index < -0.39 is 0 Å². The Morgan fingerprint density at radius 3 is 2.50 bits per heavy atom. The van der Waals surface area contributed by atoms with E-state index in [4.69, 9.17) is 11.1 Å². The highest BCUT2D eigenvalue weighted by molar-refractivity contribution is 6.01. The molecule has 4 N–H and O–H groups in total. The van der Waals surface area contributed by atoms with Crippen molar-refractivity contribution < 1.29 is 0 Å².